The van der Waals surface area contributed by atoms with Gasteiger partial charge < -0.3 is 4.74 Å². The van der Waals surface area contributed by atoms with Crippen molar-refractivity contribution in [3.63, 3.8) is 0 Å². The quantitative estimate of drug-likeness (QED) is 0.586. The Morgan fingerprint density at radius 3 is 2.58 bits per heavy atom. The van der Waals surface area contributed by atoms with Crippen LogP contribution < -0.4 is 0 Å². The Morgan fingerprint density at radius 2 is 2.25 bits per heavy atom. The number of hydrogen-bond acceptors (Lipinski definition) is 2. The number of hydrogen-bond donors (Lipinski definition) is 0. The Labute approximate surface area is 73.6 Å². The van der Waals surface area contributed by atoms with E-state index in [1.54, 1.807) is 7.11 Å². The molecule has 0 aromatic heterocycles. The topological polar surface area (TPSA) is 26.3 Å². The third kappa shape index (κ3) is 2.45. The van der Waals surface area contributed by atoms with Gasteiger partial charge in [0.25, 0.3) is 0 Å². The maximum Gasteiger partial charge on any atom is 0.165 e. The molecule has 0 radical (unpaired) electrons. The summed E-state index contributed by atoms with van der Waals surface area (Å²) in [5.41, 5.74) is 0.919. The number of ether oxygens (including phenoxy) is 1. The summed E-state index contributed by atoms with van der Waals surface area (Å²) in [4.78, 5) is 11.5. The molecule has 1 saturated carbocycles. The maximum atomic E-state index is 11.5. The van der Waals surface area contributed by atoms with Crippen molar-refractivity contribution in [2.75, 3.05) is 7.11 Å². The molecule has 1 aliphatic carbocycles. The molecule has 0 N–H and O–H groups in total. The van der Waals surface area contributed by atoms with Crippen molar-refractivity contribution < 1.29 is 9.53 Å². The van der Waals surface area contributed by atoms with Crippen molar-refractivity contribution in [2.24, 2.45) is 5.92 Å². The molecule has 68 valence electrons. The van der Waals surface area contributed by atoms with Gasteiger partial charge in [0.05, 0.1) is 0 Å². The number of carbonyl (C=O) groups excluding carboxylic acids is 1. The van der Waals surface area contributed by atoms with Crippen molar-refractivity contribution in [1.29, 1.82) is 0 Å². The molecular formula is C10H16O2. The highest BCUT2D eigenvalue weighted by molar-refractivity contribution is 5.85. The van der Waals surface area contributed by atoms with Crippen molar-refractivity contribution in [3.8, 4) is 0 Å². The number of rotatable bonds is 5. The van der Waals surface area contributed by atoms with Crippen LogP contribution in [0.15, 0.2) is 12.2 Å². The molecule has 0 bridgehead atoms. The van der Waals surface area contributed by atoms with Crippen LogP contribution in [0.5, 0.6) is 0 Å². The zero-order valence-electron chi connectivity index (χ0n) is 7.80. The molecule has 1 atom stereocenters. The first-order valence-electron chi connectivity index (χ1n) is 4.35. The molecule has 2 nitrogen and oxygen atoms in total. The van der Waals surface area contributed by atoms with Gasteiger partial charge >= 0.3 is 0 Å². The SMILES string of the molecule is C=C(C)CC(=O)C(OC)C1CC1. The second kappa shape index (κ2) is 3.85. The fourth-order valence-corrected chi connectivity index (χ4v) is 1.38. The fourth-order valence-electron chi connectivity index (χ4n) is 1.38. The van der Waals surface area contributed by atoms with E-state index < -0.39 is 0 Å². The van der Waals surface area contributed by atoms with E-state index >= 15 is 0 Å². The summed E-state index contributed by atoms with van der Waals surface area (Å²) >= 11 is 0. The smallest absolute Gasteiger partial charge is 0.165 e. The molecule has 1 rings (SSSR count). The van der Waals surface area contributed by atoms with Gasteiger partial charge in [-0.15, -0.1) is 0 Å². The van der Waals surface area contributed by atoms with Gasteiger partial charge in [-0.25, -0.2) is 0 Å². The van der Waals surface area contributed by atoms with E-state index in [-0.39, 0.29) is 11.9 Å². The summed E-state index contributed by atoms with van der Waals surface area (Å²) in [6.45, 7) is 5.59. The average molecular weight is 168 g/mol. The van der Waals surface area contributed by atoms with Gasteiger partial charge in [-0.3, -0.25) is 4.79 Å². The van der Waals surface area contributed by atoms with Crippen LogP contribution in [0, 0.1) is 5.92 Å². The first-order chi connectivity index (χ1) is 5.65. The van der Waals surface area contributed by atoms with E-state index in [0.29, 0.717) is 12.3 Å². The second-order valence-electron chi connectivity index (χ2n) is 3.59. The summed E-state index contributed by atoms with van der Waals surface area (Å²) < 4.78 is 5.15. The Balaban J connectivity index is 2.41. The standard InChI is InChI=1S/C10H16O2/c1-7(2)6-9(11)10(12-3)8-4-5-8/h8,10H,1,4-6H2,2-3H3. The van der Waals surface area contributed by atoms with Crippen LogP contribution in [0.25, 0.3) is 0 Å². The lowest BCUT2D eigenvalue weighted by Gasteiger charge is -2.12. The zero-order chi connectivity index (χ0) is 9.14. The van der Waals surface area contributed by atoms with E-state index in [2.05, 4.69) is 6.58 Å². The molecule has 0 aliphatic heterocycles. The number of Topliss-reactive ketones (excluding diaryl/α,β-unsaturated/α-hetero) is 1. The van der Waals surface area contributed by atoms with Crippen LogP contribution in [0.1, 0.15) is 26.2 Å². The molecule has 0 saturated heterocycles. The highest BCUT2D eigenvalue weighted by atomic mass is 16.5. The molecule has 1 fully saturated rings. The lowest BCUT2D eigenvalue weighted by molar-refractivity contribution is -0.129. The van der Waals surface area contributed by atoms with Gasteiger partial charge in [0, 0.05) is 13.5 Å². The largest absolute Gasteiger partial charge is 0.373 e. The van der Waals surface area contributed by atoms with Crippen LogP contribution in [0.3, 0.4) is 0 Å². The molecule has 0 aromatic rings. The van der Waals surface area contributed by atoms with E-state index in [1.807, 2.05) is 6.92 Å². The fraction of sp³-hybridized carbons (Fsp3) is 0.700. The zero-order valence-corrected chi connectivity index (χ0v) is 7.80. The van der Waals surface area contributed by atoms with Gasteiger partial charge in [-0.05, 0) is 25.7 Å². The van der Waals surface area contributed by atoms with Crippen molar-refractivity contribution in [1.82, 2.24) is 0 Å². The van der Waals surface area contributed by atoms with Crippen molar-refractivity contribution in [2.45, 2.75) is 32.3 Å². The van der Waals surface area contributed by atoms with Crippen LogP contribution >= 0.6 is 0 Å². The van der Waals surface area contributed by atoms with Crippen LogP contribution in [-0.2, 0) is 9.53 Å². The molecule has 12 heavy (non-hydrogen) atoms. The summed E-state index contributed by atoms with van der Waals surface area (Å²) in [7, 11) is 1.61. The van der Waals surface area contributed by atoms with E-state index in [1.165, 1.54) is 0 Å². The average Bonchev–Trinajstić information content (AvgIpc) is 2.70. The van der Waals surface area contributed by atoms with Gasteiger partial charge in [0.1, 0.15) is 6.10 Å². The van der Waals surface area contributed by atoms with Crippen LogP contribution in [0.2, 0.25) is 0 Å². The highest BCUT2D eigenvalue weighted by Gasteiger charge is 2.35. The normalized spacial score (nSPS) is 18.8. The molecular weight excluding hydrogens is 152 g/mol. The third-order valence-corrected chi connectivity index (χ3v) is 2.10. The lowest BCUT2D eigenvalue weighted by atomic mass is 10.0. The van der Waals surface area contributed by atoms with E-state index in [0.717, 1.165) is 18.4 Å². The Hall–Kier alpha value is -0.630. The van der Waals surface area contributed by atoms with E-state index in [9.17, 15) is 4.79 Å². The molecule has 0 heterocycles. The van der Waals surface area contributed by atoms with Crippen LogP contribution in [-0.4, -0.2) is 19.0 Å². The minimum Gasteiger partial charge on any atom is -0.373 e. The summed E-state index contributed by atoms with van der Waals surface area (Å²) in [6.07, 6.45) is 2.58. The molecule has 1 unspecified atom stereocenters. The third-order valence-electron chi connectivity index (χ3n) is 2.10. The van der Waals surface area contributed by atoms with Gasteiger partial charge in [0.15, 0.2) is 5.78 Å². The monoisotopic (exact) mass is 168 g/mol. The minimum absolute atomic E-state index is 0.165. The lowest BCUT2D eigenvalue weighted by Crippen LogP contribution is -2.25. The summed E-state index contributed by atoms with van der Waals surface area (Å²) in [6, 6.07) is 0. The van der Waals surface area contributed by atoms with Gasteiger partial charge in [-0.1, -0.05) is 12.2 Å². The maximum absolute atomic E-state index is 11.5. The Kier molecular flexibility index (Phi) is 3.04. The van der Waals surface area contributed by atoms with Crippen LogP contribution in [0.4, 0.5) is 0 Å². The molecule has 2 heteroatoms. The number of allylic oxidation sites excluding steroid dienone is 1. The second-order valence-corrected chi connectivity index (χ2v) is 3.59. The van der Waals surface area contributed by atoms with Gasteiger partial charge in [0.2, 0.25) is 0 Å². The Morgan fingerprint density at radius 1 is 1.67 bits per heavy atom. The molecule has 1 aliphatic rings. The highest BCUT2D eigenvalue weighted by Crippen LogP contribution is 2.35. The van der Waals surface area contributed by atoms with Crippen molar-refractivity contribution in [3.05, 3.63) is 12.2 Å². The number of carbonyl (C=O) groups is 1. The predicted molar refractivity (Wildman–Crippen MR) is 48.0 cm³/mol. The molecule has 0 spiro atoms. The van der Waals surface area contributed by atoms with Gasteiger partial charge in [-0.2, -0.15) is 0 Å². The minimum atomic E-state index is -0.165. The van der Waals surface area contributed by atoms with Crippen molar-refractivity contribution >= 4 is 5.78 Å². The molecule has 0 aromatic carbocycles. The number of ketones is 1. The first kappa shape index (κ1) is 9.46. The predicted octanol–water partition coefficient (Wildman–Crippen LogP) is 1.95. The first-order valence-corrected chi connectivity index (χ1v) is 4.35. The Bertz CT molecular complexity index is 192. The van der Waals surface area contributed by atoms with E-state index in [4.69, 9.17) is 4.74 Å². The summed E-state index contributed by atoms with van der Waals surface area (Å²) in [5, 5.41) is 0. The summed E-state index contributed by atoms with van der Waals surface area (Å²) in [5.74, 6) is 0.675. The molecule has 0 amide bonds. The number of methoxy groups -OCH3 is 1.